The van der Waals surface area contributed by atoms with Gasteiger partial charge in [-0.1, -0.05) is 18.2 Å². The second-order valence-electron chi connectivity index (χ2n) is 4.61. The van der Waals surface area contributed by atoms with Crippen molar-refractivity contribution in [2.24, 2.45) is 0 Å². The molecule has 2 aromatic rings. The lowest BCUT2D eigenvalue weighted by atomic mass is 10.2. The molecule has 106 valence electrons. The van der Waals surface area contributed by atoms with Crippen LogP contribution in [0.25, 0.3) is 10.9 Å². The van der Waals surface area contributed by atoms with E-state index in [1.54, 1.807) is 4.68 Å². The van der Waals surface area contributed by atoms with Crippen LogP contribution in [0.5, 0.6) is 0 Å². The van der Waals surface area contributed by atoms with Gasteiger partial charge in [-0.25, -0.2) is 4.79 Å². The summed E-state index contributed by atoms with van der Waals surface area (Å²) in [5, 5.41) is 5.15. The molecular weight excluding hydrogens is 260 g/mol. The maximum atomic E-state index is 11.8. The minimum atomic E-state index is -0.430. The molecule has 0 saturated carbocycles. The minimum Gasteiger partial charge on any atom is -0.464 e. The summed E-state index contributed by atoms with van der Waals surface area (Å²) in [6.45, 7) is 2.32. The molecule has 1 unspecified atom stereocenters. The molecule has 0 spiro atoms. The average Bonchev–Trinajstić information content (AvgIpc) is 2.87. The van der Waals surface area contributed by atoms with E-state index in [1.165, 1.54) is 7.11 Å². The number of esters is 1. The Morgan fingerprint density at radius 1 is 1.45 bits per heavy atom. The summed E-state index contributed by atoms with van der Waals surface area (Å²) in [6, 6.07) is 7.59. The van der Waals surface area contributed by atoms with E-state index in [-0.39, 0.29) is 6.10 Å². The van der Waals surface area contributed by atoms with Crippen LogP contribution in [0.15, 0.2) is 24.3 Å². The highest BCUT2D eigenvalue weighted by molar-refractivity contribution is 6.02. The molecule has 1 aromatic carbocycles. The Kier molecular flexibility index (Phi) is 3.66. The molecule has 2 heterocycles. The molecule has 0 aliphatic carbocycles. The fourth-order valence-electron chi connectivity index (χ4n) is 2.35. The number of aromatic nitrogens is 2. The van der Waals surface area contributed by atoms with Crippen molar-refractivity contribution >= 4 is 16.9 Å². The van der Waals surface area contributed by atoms with Gasteiger partial charge in [-0.3, -0.25) is 4.68 Å². The highest BCUT2D eigenvalue weighted by Gasteiger charge is 2.21. The molecule has 20 heavy (non-hydrogen) atoms. The van der Waals surface area contributed by atoms with Gasteiger partial charge in [0.1, 0.15) is 6.10 Å². The fraction of sp³-hybridized carbons (Fsp3) is 0.429. The van der Waals surface area contributed by atoms with Gasteiger partial charge in [-0.05, 0) is 6.07 Å². The molecule has 1 fully saturated rings. The summed E-state index contributed by atoms with van der Waals surface area (Å²) in [5.74, 6) is -0.430. The Balaban J connectivity index is 1.95. The van der Waals surface area contributed by atoms with E-state index in [1.807, 2.05) is 24.3 Å². The van der Waals surface area contributed by atoms with Crippen LogP contribution in [-0.4, -0.2) is 48.8 Å². The third-order valence-corrected chi connectivity index (χ3v) is 3.30. The number of methoxy groups -OCH3 is 1. The Morgan fingerprint density at radius 2 is 2.30 bits per heavy atom. The molecule has 1 atom stereocenters. The van der Waals surface area contributed by atoms with Crippen molar-refractivity contribution < 1.29 is 19.0 Å². The van der Waals surface area contributed by atoms with Crippen LogP contribution >= 0.6 is 0 Å². The predicted molar refractivity (Wildman–Crippen MR) is 71.6 cm³/mol. The molecule has 0 bridgehead atoms. The number of benzene rings is 1. The first-order valence-corrected chi connectivity index (χ1v) is 6.53. The third kappa shape index (κ3) is 2.39. The van der Waals surface area contributed by atoms with E-state index in [2.05, 4.69) is 5.10 Å². The molecule has 1 aliphatic rings. The number of fused-ring (bicyclic) bond motifs is 1. The highest BCUT2D eigenvalue weighted by atomic mass is 16.6. The third-order valence-electron chi connectivity index (χ3n) is 3.30. The molecule has 1 aromatic heterocycles. The topological polar surface area (TPSA) is 62.6 Å². The van der Waals surface area contributed by atoms with Gasteiger partial charge in [0.25, 0.3) is 0 Å². The lowest BCUT2D eigenvalue weighted by Gasteiger charge is -2.23. The van der Waals surface area contributed by atoms with E-state index in [4.69, 9.17) is 14.2 Å². The van der Waals surface area contributed by atoms with E-state index >= 15 is 0 Å². The maximum absolute atomic E-state index is 11.8. The number of para-hydroxylation sites is 1. The van der Waals surface area contributed by atoms with Gasteiger partial charge in [-0.2, -0.15) is 5.10 Å². The van der Waals surface area contributed by atoms with Crippen molar-refractivity contribution in [2.75, 3.05) is 26.9 Å². The number of carbonyl (C=O) groups excluding carboxylic acids is 1. The van der Waals surface area contributed by atoms with Gasteiger partial charge in [0, 0.05) is 5.39 Å². The molecule has 1 saturated heterocycles. The predicted octanol–water partition coefficient (Wildman–Crippen LogP) is 1.24. The number of hydrogen-bond acceptors (Lipinski definition) is 5. The van der Waals surface area contributed by atoms with Gasteiger partial charge >= 0.3 is 5.97 Å². The molecule has 0 N–H and O–H groups in total. The zero-order valence-corrected chi connectivity index (χ0v) is 11.2. The first kappa shape index (κ1) is 13.1. The molecule has 0 radical (unpaired) electrons. The smallest absolute Gasteiger partial charge is 0.359 e. The molecule has 1 aliphatic heterocycles. The van der Waals surface area contributed by atoms with Crippen molar-refractivity contribution in [3.8, 4) is 0 Å². The number of carbonyl (C=O) groups is 1. The zero-order chi connectivity index (χ0) is 13.9. The minimum absolute atomic E-state index is 0.0439. The summed E-state index contributed by atoms with van der Waals surface area (Å²) < 4.78 is 17.6. The van der Waals surface area contributed by atoms with Gasteiger partial charge < -0.3 is 14.2 Å². The van der Waals surface area contributed by atoms with Gasteiger partial charge in [0.15, 0.2) is 5.69 Å². The van der Waals surface area contributed by atoms with Crippen LogP contribution in [-0.2, 0) is 20.8 Å². The summed E-state index contributed by atoms with van der Waals surface area (Å²) in [7, 11) is 1.36. The standard InChI is InChI=1S/C14H16N2O4/c1-18-14(17)13-11-4-2-3-5-12(11)16(15-13)8-10-9-19-6-7-20-10/h2-5,10H,6-9H2,1H3. The van der Waals surface area contributed by atoms with Crippen molar-refractivity contribution in [1.29, 1.82) is 0 Å². The maximum Gasteiger partial charge on any atom is 0.359 e. The van der Waals surface area contributed by atoms with Gasteiger partial charge in [0.2, 0.25) is 0 Å². The number of rotatable bonds is 3. The fourth-order valence-corrected chi connectivity index (χ4v) is 2.35. The second kappa shape index (κ2) is 5.60. The van der Waals surface area contributed by atoms with Crippen molar-refractivity contribution in [3.05, 3.63) is 30.0 Å². The van der Waals surface area contributed by atoms with Crippen LogP contribution in [0.4, 0.5) is 0 Å². The number of hydrogen-bond donors (Lipinski definition) is 0. The largest absolute Gasteiger partial charge is 0.464 e. The van der Waals surface area contributed by atoms with Crippen LogP contribution < -0.4 is 0 Å². The monoisotopic (exact) mass is 276 g/mol. The first-order chi connectivity index (χ1) is 9.79. The highest BCUT2D eigenvalue weighted by Crippen LogP contribution is 2.20. The van der Waals surface area contributed by atoms with E-state index < -0.39 is 5.97 Å². The Hall–Kier alpha value is -1.92. The second-order valence-corrected chi connectivity index (χ2v) is 4.61. The van der Waals surface area contributed by atoms with E-state index in [9.17, 15) is 4.79 Å². The van der Waals surface area contributed by atoms with Crippen LogP contribution in [0.3, 0.4) is 0 Å². The summed E-state index contributed by atoms with van der Waals surface area (Å²) >= 11 is 0. The van der Waals surface area contributed by atoms with Crippen molar-refractivity contribution in [1.82, 2.24) is 9.78 Å². The molecule has 6 heteroatoms. The van der Waals surface area contributed by atoms with Crippen molar-refractivity contribution in [2.45, 2.75) is 12.6 Å². The average molecular weight is 276 g/mol. The quantitative estimate of drug-likeness (QED) is 0.789. The van der Waals surface area contributed by atoms with Crippen LogP contribution in [0, 0.1) is 0 Å². The van der Waals surface area contributed by atoms with Gasteiger partial charge in [-0.15, -0.1) is 0 Å². The molecule has 0 amide bonds. The summed E-state index contributed by atoms with van der Waals surface area (Å²) in [5.41, 5.74) is 1.22. The lowest BCUT2D eigenvalue weighted by Crippen LogP contribution is -2.32. The normalized spacial score (nSPS) is 19.1. The Morgan fingerprint density at radius 3 is 3.05 bits per heavy atom. The summed E-state index contributed by atoms with van der Waals surface area (Å²) in [6.07, 6.45) is -0.0439. The first-order valence-electron chi connectivity index (χ1n) is 6.53. The van der Waals surface area contributed by atoms with Crippen molar-refractivity contribution in [3.63, 3.8) is 0 Å². The summed E-state index contributed by atoms with van der Waals surface area (Å²) in [4.78, 5) is 11.8. The van der Waals surface area contributed by atoms with E-state index in [0.29, 0.717) is 32.1 Å². The SMILES string of the molecule is COC(=O)c1nn(CC2COCCO2)c2ccccc12. The number of ether oxygens (including phenoxy) is 3. The van der Waals surface area contributed by atoms with Gasteiger partial charge in [0.05, 0.1) is 39.0 Å². The molecule has 3 rings (SSSR count). The van der Waals surface area contributed by atoms with E-state index in [0.717, 1.165) is 10.9 Å². The Bertz CT molecular complexity index is 617. The Labute approximate surface area is 116 Å². The lowest BCUT2D eigenvalue weighted by molar-refractivity contribution is -0.0942. The van der Waals surface area contributed by atoms with Crippen LogP contribution in [0.1, 0.15) is 10.5 Å². The molecule has 6 nitrogen and oxygen atoms in total. The molecular formula is C14H16N2O4. The van der Waals surface area contributed by atoms with Crippen LogP contribution in [0.2, 0.25) is 0 Å². The number of nitrogens with zero attached hydrogens (tertiary/aromatic N) is 2. The zero-order valence-electron chi connectivity index (χ0n) is 11.2.